The van der Waals surface area contributed by atoms with Gasteiger partial charge in [-0.1, -0.05) is 24.3 Å². The maximum absolute atomic E-state index is 13.1. The molecular weight excluding hydrogens is 358 g/mol. The van der Waals surface area contributed by atoms with Gasteiger partial charge < -0.3 is 14.2 Å². The number of quaternary nitrogens is 1. The monoisotopic (exact) mass is 384 g/mol. The second-order valence-electron chi connectivity index (χ2n) is 7.89. The fourth-order valence-corrected chi connectivity index (χ4v) is 4.80. The highest BCUT2D eigenvalue weighted by atomic mass is 16.7. The molecule has 2 saturated heterocycles. The first-order valence-electron chi connectivity index (χ1n) is 10.00. The van der Waals surface area contributed by atoms with Crippen molar-refractivity contribution in [3.8, 4) is 0 Å². The molecule has 1 aromatic carbocycles. The van der Waals surface area contributed by atoms with Crippen LogP contribution >= 0.6 is 0 Å². The maximum Gasteiger partial charge on any atom is 0.247 e. The van der Waals surface area contributed by atoms with Gasteiger partial charge in [-0.2, -0.15) is 0 Å². The minimum Gasteiger partial charge on any atom is -0.500 e. The SMILES string of the molecule is CCOC1(OC2C[N+]23CCOCC3)C=C(OC)C2C(=C1)C(=O)c1ccccc12. The highest BCUT2D eigenvalue weighted by Crippen LogP contribution is 2.48. The van der Waals surface area contributed by atoms with Crippen molar-refractivity contribution in [2.24, 2.45) is 0 Å². The van der Waals surface area contributed by atoms with Crippen LogP contribution in [0.2, 0.25) is 0 Å². The molecule has 0 radical (unpaired) electrons. The third-order valence-corrected chi connectivity index (χ3v) is 6.36. The zero-order valence-corrected chi connectivity index (χ0v) is 16.3. The molecule has 0 bridgehead atoms. The molecule has 2 aliphatic heterocycles. The van der Waals surface area contributed by atoms with Gasteiger partial charge in [0.25, 0.3) is 0 Å². The number of Topliss-reactive ketones (excluding diaryl/α,β-unsaturated/α-hetero) is 1. The average molecular weight is 384 g/mol. The van der Waals surface area contributed by atoms with E-state index >= 15 is 0 Å². The van der Waals surface area contributed by atoms with Crippen molar-refractivity contribution in [2.75, 3.05) is 46.6 Å². The first-order chi connectivity index (χ1) is 13.6. The summed E-state index contributed by atoms with van der Waals surface area (Å²) >= 11 is 0. The van der Waals surface area contributed by atoms with Crippen molar-refractivity contribution in [3.05, 3.63) is 58.9 Å². The Labute approximate surface area is 164 Å². The molecule has 148 valence electrons. The molecule has 28 heavy (non-hydrogen) atoms. The molecule has 0 saturated carbocycles. The Balaban J connectivity index is 1.51. The highest BCUT2D eigenvalue weighted by molar-refractivity contribution is 6.15. The van der Waals surface area contributed by atoms with E-state index in [1.54, 1.807) is 7.11 Å². The summed E-state index contributed by atoms with van der Waals surface area (Å²) in [4.78, 5) is 13.1. The van der Waals surface area contributed by atoms with Crippen LogP contribution in [0.15, 0.2) is 47.7 Å². The molecule has 6 nitrogen and oxygen atoms in total. The van der Waals surface area contributed by atoms with Gasteiger partial charge in [-0.05, 0) is 18.6 Å². The lowest BCUT2D eigenvalue weighted by molar-refractivity contribution is -0.839. The number of hydrogen-bond donors (Lipinski definition) is 0. The molecule has 3 atom stereocenters. The van der Waals surface area contributed by atoms with Crippen molar-refractivity contribution in [3.63, 3.8) is 0 Å². The number of benzene rings is 1. The van der Waals surface area contributed by atoms with Crippen LogP contribution in [0, 0.1) is 0 Å². The van der Waals surface area contributed by atoms with Gasteiger partial charge in [-0.3, -0.25) is 14.0 Å². The van der Waals surface area contributed by atoms with Crippen LogP contribution in [-0.4, -0.2) is 68.8 Å². The number of rotatable bonds is 5. The predicted octanol–water partition coefficient (Wildman–Crippen LogP) is 2.37. The van der Waals surface area contributed by atoms with Crippen LogP contribution in [0.3, 0.4) is 0 Å². The number of morpholine rings is 1. The third kappa shape index (κ3) is 2.67. The zero-order valence-electron chi connectivity index (χ0n) is 16.3. The number of methoxy groups -OCH3 is 1. The summed E-state index contributed by atoms with van der Waals surface area (Å²) in [6.07, 6.45) is 3.84. The van der Waals surface area contributed by atoms with Gasteiger partial charge in [0.05, 0.1) is 26.2 Å². The Morgan fingerprint density at radius 3 is 2.75 bits per heavy atom. The number of allylic oxidation sites excluding steroid dienone is 1. The lowest BCUT2D eigenvalue weighted by Crippen LogP contribution is -2.44. The predicted molar refractivity (Wildman–Crippen MR) is 102 cm³/mol. The number of fused-ring (bicyclic) bond motifs is 3. The number of ether oxygens (including phenoxy) is 4. The largest absolute Gasteiger partial charge is 0.500 e. The summed E-state index contributed by atoms with van der Waals surface area (Å²) in [6, 6.07) is 7.73. The van der Waals surface area contributed by atoms with E-state index in [9.17, 15) is 4.79 Å². The van der Waals surface area contributed by atoms with E-state index in [1.165, 1.54) is 0 Å². The number of carbonyl (C=O) groups is 1. The second kappa shape index (κ2) is 6.52. The summed E-state index contributed by atoms with van der Waals surface area (Å²) in [5.41, 5.74) is 2.40. The number of hydrogen-bond acceptors (Lipinski definition) is 5. The van der Waals surface area contributed by atoms with E-state index in [0.29, 0.717) is 17.9 Å². The number of carbonyl (C=O) groups excluding carboxylic acids is 1. The summed E-state index contributed by atoms with van der Waals surface area (Å²) in [5.74, 6) is -0.522. The number of nitrogens with zero attached hydrogens (tertiary/aromatic N) is 1. The second-order valence-corrected chi connectivity index (χ2v) is 7.89. The molecule has 0 N–H and O–H groups in total. The minimum absolute atomic E-state index is 0.0296. The molecule has 2 heterocycles. The van der Waals surface area contributed by atoms with E-state index in [1.807, 2.05) is 43.3 Å². The van der Waals surface area contributed by atoms with Crippen molar-refractivity contribution >= 4 is 5.78 Å². The zero-order chi connectivity index (χ0) is 19.4. The molecule has 3 unspecified atom stereocenters. The fourth-order valence-electron chi connectivity index (χ4n) is 4.80. The molecule has 6 heteroatoms. The van der Waals surface area contributed by atoms with Gasteiger partial charge in [0, 0.05) is 23.8 Å². The van der Waals surface area contributed by atoms with Crippen LogP contribution < -0.4 is 0 Å². The molecule has 0 amide bonds. The Morgan fingerprint density at radius 1 is 1.21 bits per heavy atom. The van der Waals surface area contributed by atoms with Crippen molar-refractivity contribution in [1.82, 2.24) is 0 Å². The highest BCUT2D eigenvalue weighted by Gasteiger charge is 2.60. The minimum atomic E-state index is -1.08. The van der Waals surface area contributed by atoms with E-state index in [0.717, 1.165) is 48.5 Å². The average Bonchev–Trinajstić information content (AvgIpc) is 3.27. The molecule has 0 aromatic heterocycles. The van der Waals surface area contributed by atoms with Crippen LogP contribution in [0.1, 0.15) is 28.8 Å². The summed E-state index contributed by atoms with van der Waals surface area (Å²) in [5, 5.41) is 0. The molecular formula is C22H26NO5+. The Kier molecular flexibility index (Phi) is 4.21. The van der Waals surface area contributed by atoms with E-state index in [2.05, 4.69) is 0 Å². The van der Waals surface area contributed by atoms with E-state index in [4.69, 9.17) is 18.9 Å². The molecule has 2 fully saturated rings. The Hall–Kier alpha value is -1.99. The van der Waals surface area contributed by atoms with Crippen molar-refractivity contribution in [2.45, 2.75) is 24.9 Å². The molecule has 2 aliphatic carbocycles. The van der Waals surface area contributed by atoms with Gasteiger partial charge in [0.15, 0.2) is 12.3 Å². The molecule has 5 rings (SSSR count). The van der Waals surface area contributed by atoms with Crippen molar-refractivity contribution < 1.29 is 28.2 Å². The first-order valence-corrected chi connectivity index (χ1v) is 10.00. The van der Waals surface area contributed by atoms with Gasteiger partial charge in [-0.15, -0.1) is 0 Å². The molecule has 1 spiro atoms. The van der Waals surface area contributed by atoms with Crippen LogP contribution in [0.5, 0.6) is 0 Å². The molecule has 1 aromatic rings. The number of ketones is 1. The van der Waals surface area contributed by atoms with Crippen LogP contribution in [-0.2, 0) is 18.9 Å². The van der Waals surface area contributed by atoms with Gasteiger partial charge >= 0.3 is 0 Å². The van der Waals surface area contributed by atoms with Gasteiger partial charge in [0.1, 0.15) is 18.8 Å². The van der Waals surface area contributed by atoms with Gasteiger partial charge in [0.2, 0.25) is 12.0 Å². The molecule has 4 aliphatic rings. The Bertz CT molecular complexity index is 869. The smallest absolute Gasteiger partial charge is 0.247 e. The third-order valence-electron chi connectivity index (χ3n) is 6.36. The van der Waals surface area contributed by atoms with Gasteiger partial charge in [-0.25, -0.2) is 0 Å². The topological polar surface area (TPSA) is 54.0 Å². The fraction of sp³-hybridized carbons (Fsp3) is 0.500. The van der Waals surface area contributed by atoms with E-state index < -0.39 is 5.79 Å². The maximum atomic E-state index is 13.1. The van der Waals surface area contributed by atoms with E-state index in [-0.39, 0.29) is 17.9 Å². The lowest BCUT2D eigenvalue weighted by atomic mass is 9.88. The summed E-state index contributed by atoms with van der Waals surface area (Å²) in [6.45, 7) is 6.80. The lowest BCUT2D eigenvalue weighted by Gasteiger charge is -2.34. The van der Waals surface area contributed by atoms with Crippen LogP contribution in [0.4, 0.5) is 0 Å². The van der Waals surface area contributed by atoms with Crippen LogP contribution in [0.25, 0.3) is 0 Å². The quantitative estimate of drug-likeness (QED) is 0.443. The van der Waals surface area contributed by atoms with Crippen molar-refractivity contribution in [1.29, 1.82) is 0 Å². The summed E-state index contributed by atoms with van der Waals surface area (Å²) in [7, 11) is 1.64. The summed E-state index contributed by atoms with van der Waals surface area (Å²) < 4.78 is 24.8. The standard InChI is InChI=1S/C22H26NO5/c1-3-27-22(28-19-14-23(19)8-10-26-11-9-23)12-17-20(18(13-22)25-2)15-6-4-5-7-16(15)21(17)24/h4-7,12-13,19-20H,3,8-11,14H2,1-2H3/q+1. The Morgan fingerprint density at radius 2 is 2.00 bits per heavy atom. The normalized spacial score (nSPS) is 32.4. The first kappa shape index (κ1) is 18.1.